The third kappa shape index (κ3) is 4.84. The first-order chi connectivity index (χ1) is 5.90. The van der Waals surface area contributed by atoms with Gasteiger partial charge in [-0.15, -0.1) is 0 Å². The summed E-state index contributed by atoms with van der Waals surface area (Å²) < 4.78 is 25.1. The summed E-state index contributed by atoms with van der Waals surface area (Å²) in [5.41, 5.74) is 0. The molecule has 78 valence electrons. The quantitative estimate of drug-likeness (QED) is 0.696. The number of nitrogens with one attached hydrogen (secondary N) is 1. The molecule has 0 aliphatic carbocycles. The summed E-state index contributed by atoms with van der Waals surface area (Å²) in [6.07, 6.45) is 1.83. The molecule has 0 fully saturated rings. The van der Waals surface area contributed by atoms with Crippen LogP contribution in [0.2, 0.25) is 0 Å². The lowest BCUT2D eigenvalue weighted by Gasteiger charge is -2.11. The van der Waals surface area contributed by atoms with Gasteiger partial charge in [0.05, 0.1) is 0 Å². The van der Waals surface area contributed by atoms with Crippen molar-refractivity contribution in [1.29, 1.82) is 0 Å². The highest BCUT2D eigenvalue weighted by atomic mass is 32.2. The summed E-state index contributed by atoms with van der Waals surface area (Å²) in [4.78, 5) is 11.0. The van der Waals surface area contributed by atoms with E-state index in [9.17, 15) is 13.2 Å². The monoisotopic (exact) mass is 208 g/mol. The molecule has 0 unspecified atom stereocenters. The average Bonchev–Trinajstić information content (AvgIpc) is 1.99. The van der Waals surface area contributed by atoms with E-state index in [0.29, 0.717) is 6.42 Å². The Labute approximate surface area is 79.3 Å². The van der Waals surface area contributed by atoms with Crippen LogP contribution in [0.4, 0.5) is 0 Å². The van der Waals surface area contributed by atoms with Crippen LogP contribution in [0.5, 0.6) is 0 Å². The van der Waals surface area contributed by atoms with Crippen molar-refractivity contribution in [2.75, 3.05) is 14.1 Å². The molecule has 5 nitrogen and oxygen atoms in total. The van der Waals surface area contributed by atoms with Crippen LogP contribution in [0.25, 0.3) is 0 Å². The van der Waals surface area contributed by atoms with E-state index in [1.54, 1.807) is 0 Å². The molecule has 0 bridgehead atoms. The summed E-state index contributed by atoms with van der Waals surface area (Å²) >= 11 is 0. The lowest BCUT2D eigenvalue weighted by atomic mass is 10.2. The van der Waals surface area contributed by atoms with Crippen molar-refractivity contribution in [3.63, 3.8) is 0 Å². The molecule has 0 radical (unpaired) electrons. The van der Waals surface area contributed by atoms with Crippen LogP contribution >= 0.6 is 0 Å². The molecule has 1 amide bonds. The summed E-state index contributed by atoms with van der Waals surface area (Å²) in [6.45, 7) is 1.94. The molecule has 0 rings (SSSR count). The molecule has 0 aromatic carbocycles. The maximum atomic E-state index is 11.1. The molecule has 6 heteroatoms. The first-order valence-corrected chi connectivity index (χ1v) is 5.57. The minimum atomic E-state index is -3.59. The fourth-order valence-electron chi connectivity index (χ4n) is 0.624. The molecule has 0 aliphatic heterocycles. The zero-order chi connectivity index (χ0) is 10.5. The van der Waals surface area contributed by atoms with Crippen molar-refractivity contribution in [1.82, 2.24) is 9.03 Å². The Hall–Kier alpha value is -0.620. The van der Waals surface area contributed by atoms with Crippen LogP contribution in [0.1, 0.15) is 26.2 Å². The third-order valence-electron chi connectivity index (χ3n) is 1.48. The predicted octanol–water partition coefficient (Wildman–Crippen LogP) is 0.0992. The zero-order valence-corrected chi connectivity index (χ0v) is 9.02. The maximum absolute atomic E-state index is 11.1. The van der Waals surface area contributed by atoms with Gasteiger partial charge < -0.3 is 0 Å². The van der Waals surface area contributed by atoms with Gasteiger partial charge in [0.15, 0.2) is 0 Å². The molecular weight excluding hydrogens is 192 g/mol. The third-order valence-corrected chi connectivity index (χ3v) is 2.93. The van der Waals surface area contributed by atoms with E-state index in [1.807, 2.05) is 11.6 Å². The zero-order valence-electron chi connectivity index (χ0n) is 8.20. The van der Waals surface area contributed by atoms with E-state index < -0.39 is 16.1 Å². The van der Waals surface area contributed by atoms with E-state index in [2.05, 4.69) is 0 Å². The largest absolute Gasteiger partial charge is 0.303 e. The van der Waals surface area contributed by atoms with Gasteiger partial charge in [-0.2, -0.15) is 12.7 Å². The normalized spacial score (nSPS) is 11.7. The number of amides is 1. The molecule has 0 aromatic heterocycles. The van der Waals surface area contributed by atoms with E-state index in [-0.39, 0.29) is 6.42 Å². The Morgan fingerprint density at radius 3 is 2.31 bits per heavy atom. The first-order valence-electron chi connectivity index (χ1n) is 4.13. The van der Waals surface area contributed by atoms with Crippen LogP contribution in [0.15, 0.2) is 0 Å². The van der Waals surface area contributed by atoms with Crippen LogP contribution < -0.4 is 4.72 Å². The smallest absolute Gasteiger partial charge is 0.274 e. The predicted molar refractivity (Wildman–Crippen MR) is 50.3 cm³/mol. The number of hydrogen-bond donors (Lipinski definition) is 1. The number of hydrogen-bond acceptors (Lipinski definition) is 3. The number of carbonyl (C=O) groups is 1. The molecule has 0 saturated carbocycles. The van der Waals surface area contributed by atoms with Gasteiger partial charge in [-0.05, 0) is 6.42 Å². The molecule has 0 aromatic rings. The number of rotatable bonds is 5. The van der Waals surface area contributed by atoms with E-state index in [0.717, 1.165) is 10.7 Å². The molecule has 1 N–H and O–H groups in total. The van der Waals surface area contributed by atoms with Crippen molar-refractivity contribution in [3.8, 4) is 0 Å². The SMILES string of the molecule is CCCCC(=O)NS(=O)(=O)N(C)C. The van der Waals surface area contributed by atoms with Crippen molar-refractivity contribution >= 4 is 16.1 Å². The van der Waals surface area contributed by atoms with Crippen LogP contribution in [-0.2, 0) is 15.0 Å². The second-order valence-corrected chi connectivity index (χ2v) is 4.80. The number of carbonyl (C=O) groups excluding carboxylic acids is 1. The molecule has 0 heterocycles. The van der Waals surface area contributed by atoms with Gasteiger partial charge in [0.2, 0.25) is 5.91 Å². The highest BCUT2D eigenvalue weighted by molar-refractivity contribution is 7.87. The van der Waals surface area contributed by atoms with Gasteiger partial charge in [0, 0.05) is 20.5 Å². The molecule has 0 saturated heterocycles. The maximum Gasteiger partial charge on any atom is 0.303 e. The lowest BCUT2D eigenvalue weighted by molar-refractivity contribution is -0.119. The van der Waals surface area contributed by atoms with E-state index >= 15 is 0 Å². The van der Waals surface area contributed by atoms with Gasteiger partial charge in [0.1, 0.15) is 0 Å². The second-order valence-electron chi connectivity index (χ2n) is 2.92. The summed E-state index contributed by atoms with van der Waals surface area (Å²) in [5.74, 6) is -0.449. The highest BCUT2D eigenvalue weighted by Crippen LogP contribution is 1.95. The topological polar surface area (TPSA) is 66.5 Å². The van der Waals surface area contributed by atoms with Gasteiger partial charge in [0.25, 0.3) is 0 Å². The summed E-state index contributed by atoms with van der Waals surface area (Å²) in [7, 11) is -0.853. The second kappa shape index (κ2) is 5.18. The molecule has 0 atom stereocenters. The van der Waals surface area contributed by atoms with Crippen molar-refractivity contribution in [2.45, 2.75) is 26.2 Å². The minimum Gasteiger partial charge on any atom is -0.274 e. The van der Waals surface area contributed by atoms with Crippen LogP contribution in [-0.4, -0.2) is 32.7 Å². The molecule has 0 spiro atoms. The van der Waals surface area contributed by atoms with Crippen LogP contribution in [0.3, 0.4) is 0 Å². The van der Waals surface area contributed by atoms with Crippen LogP contribution in [0, 0.1) is 0 Å². The number of unbranched alkanes of at least 4 members (excludes halogenated alkanes) is 1. The Morgan fingerprint density at radius 2 is 1.92 bits per heavy atom. The van der Waals surface area contributed by atoms with E-state index in [4.69, 9.17) is 0 Å². The fourth-order valence-corrected chi connectivity index (χ4v) is 1.20. The van der Waals surface area contributed by atoms with Gasteiger partial charge in [-0.25, -0.2) is 4.72 Å². The fraction of sp³-hybridized carbons (Fsp3) is 0.857. The summed E-state index contributed by atoms with van der Waals surface area (Å²) in [5, 5.41) is 0. The number of nitrogens with zero attached hydrogens (tertiary/aromatic N) is 1. The van der Waals surface area contributed by atoms with Gasteiger partial charge >= 0.3 is 10.2 Å². The van der Waals surface area contributed by atoms with Crippen molar-refractivity contribution < 1.29 is 13.2 Å². The molecular formula is C7H16N2O3S. The molecule has 13 heavy (non-hydrogen) atoms. The Balaban J connectivity index is 4.06. The Morgan fingerprint density at radius 1 is 1.38 bits per heavy atom. The standard InChI is InChI=1S/C7H16N2O3S/c1-4-5-6-7(10)8-13(11,12)9(2)3/h4-6H2,1-3H3,(H,8,10). The average molecular weight is 208 g/mol. The minimum absolute atomic E-state index is 0.254. The van der Waals surface area contributed by atoms with Crippen molar-refractivity contribution in [2.24, 2.45) is 0 Å². The summed E-state index contributed by atoms with van der Waals surface area (Å²) in [6, 6.07) is 0. The van der Waals surface area contributed by atoms with Crippen molar-refractivity contribution in [3.05, 3.63) is 0 Å². The highest BCUT2D eigenvalue weighted by Gasteiger charge is 2.15. The lowest BCUT2D eigenvalue weighted by Crippen LogP contribution is -2.39. The first kappa shape index (κ1) is 12.4. The van der Waals surface area contributed by atoms with Gasteiger partial charge in [-0.1, -0.05) is 13.3 Å². The molecule has 0 aliphatic rings. The van der Waals surface area contributed by atoms with E-state index in [1.165, 1.54) is 14.1 Å². The Kier molecular flexibility index (Phi) is 4.94. The Bertz CT molecular complexity index is 259. The van der Waals surface area contributed by atoms with Gasteiger partial charge in [-0.3, -0.25) is 4.79 Å².